The number of methoxy groups -OCH3 is 1. The number of hydrogen-bond donors (Lipinski definition) is 0. The lowest BCUT2D eigenvalue weighted by atomic mass is 10.2. The topological polar surface area (TPSA) is 70.8 Å². The zero-order chi connectivity index (χ0) is 23.0. The van der Waals surface area contributed by atoms with E-state index in [2.05, 4.69) is 4.98 Å². The molecule has 33 heavy (non-hydrogen) atoms. The zero-order valence-corrected chi connectivity index (χ0v) is 18.6. The van der Waals surface area contributed by atoms with Crippen LogP contribution in [-0.4, -0.2) is 25.0 Å². The van der Waals surface area contributed by atoms with E-state index in [1.54, 1.807) is 25.3 Å². The van der Waals surface area contributed by atoms with Gasteiger partial charge in [0.15, 0.2) is 6.29 Å². The molecule has 0 aliphatic rings. The number of hydrogen-bond acceptors (Lipinski definition) is 6. The molecule has 0 N–H and O–H groups in total. The van der Waals surface area contributed by atoms with Gasteiger partial charge >= 0.3 is 0 Å². The molecule has 4 aromatic rings. The van der Waals surface area contributed by atoms with Crippen LogP contribution in [0.5, 0.6) is 17.2 Å². The number of aromatic nitrogens is 1. The molecule has 3 aromatic carbocycles. The van der Waals surface area contributed by atoms with Crippen LogP contribution in [0.2, 0.25) is 0 Å². The Hall–Kier alpha value is -4.06. The Morgan fingerprint density at radius 1 is 0.939 bits per heavy atom. The zero-order valence-electron chi connectivity index (χ0n) is 18.6. The molecule has 168 valence electrons. The van der Waals surface area contributed by atoms with Gasteiger partial charge in [-0.1, -0.05) is 30.3 Å². The molecule has 0 aliphatic heterocycles. The van der Waals surface area contributed by atoms with Crippen LogP contribution in [0, 0.1) is 6.92 Å². The average Bonchev–Trinajstić information content (AvgIpc) is 3.24. The van der Waals surface area contributed by atoms with Gasteiger partial charge in [-0.3, -0.25) is 4.79 Å². The molecule has 0 aliphatic carbocycles. The molecule has 0 bridgehead atoms. The van der Waals surface area contributed by atoms with Crippen molar-refractivity contribution in [1.29, 1.82) is 0 Å². The molecule has 0 atom stereocenters. The molecule has 0 fully saturated rings. The standard InChI is InChI=1S/C27H25NO5/c1-19-25(28-27(33-19)21-6-4-3-5-7-21)14-15-31-24-13-10-22(17-29)26(16-24)32-18-20-8-11-23(30-2)12-9-20/h3-13,16-17H,14-15,18H2,1-2H3. The van der Waals surface area contributed by atoms with E-state index >= 15 is 0 Å². The summed E-state index contributed by atoms with van der Waals surface area (Å²) in [5.41, 5.74) is 3.23. The molecule has 0 radical (unpaired) electrons. The monoisotopic (exact) mass is 443 g/mol. The Balaban J connectivity index is 1.37. The predicted octanol–water partition coefficient (Wildman–Crippen LogP) is 5.67. The van der Waals surface area contributed by atoms with Gasteiger partial charge in [-0.2, -0.15) is 0 Å². The van der Waals surface area contributed by atoms with E-state index in [0.717, 1.165) is 34.6 Å². The van der Waals surface area contributed by atoms with Crippen LogP contribution >= 0.6 is 0 Å². The van der Waals surface area contributed by atoms with Gasteiger partial charge in [0, 0.05) is 18.1 Å². The fraction of sp³-hybridized carbons (Fsp3) is 0.185. The smallest absolute Gasteiger partial charge is 0.226 e. The van der Waals surface area contributed by atoms with Gasteiger partial charge in [-0.25, -0.2) is 4.98 Å². The van der Waals surface area contributed by atoms with E-state index in [1.165, 1.54) is 0 Å². The molecular weight excluding hydrogens is 418 g/mol. The van der Waals surface area contributed by atoms with Gasteiger partial charge < -0.3 is 18.6 Å². The Labute approximate surface area is 192 Å². The second kappa shape index (κ2) is 10.5. The number of ether oxygens (including phenoxy) is 3. The maximum atomic E-state index is 11.4. The highest BCUT2D eigenvalue weighted by atomic mass is 16.5. The molecule has 0 saturated heterocycles. The van der Waals surface area contributed by atoms with E-state index in [4.69, 9.17) is 18.6 Å². The maximum Gasteiger partial charge on any atom is 0.226 e. The highest BCUT2D eigenvalue weighted by Crippen LogP contribution is 2.26. The molecule has 4 rings (SSSR count). The molecule has 0 unspecified atom stereocenters. The molecule has 0 amide bonds. The van der Waals surface area contributed by atoms with Crippen molar-refractivity contribution in [1.82, 2.24) is 4.98 Å². The maximum absolute atomic E-state index is 11.4. The van der Waals surface area contributed by atoms with Crippen LogP contribution < -0.4 is 14.2 Å². The van der Waals surface area contributed by atoms with Crippen molar-refractivity contribution < 1.29 is 23.4 Å². The molecule has 1 heterocycles. The van der Waals surface area contributed by atoms with Crippen molar-refractivity contribution in [3.05, 3.63) is 95.4 Å². The number of benzene rings is 3. The van der Waals surface area contributed by atoms with Crippen LogP contribution in [0.1, 0.15) is 27.4 Å². The van der Waals surface area contributed by atoms with Crippen molar-refractivity contribution in [3.8, 4) is 28.7 Å². The van der Waals surface area contributed by atoms with Crippen molar-refractivity contribution in [2.24, 2.45) is 0 Å². The third-order valence-corrected chi connectivity index (χ3v) is 5.19. The summed E-state index contributed by atoms with van der Waals surface area (Å²) in [5.74, 6) is 3.25. The third kappa shape index (κ3) is 5.60. The third-order valence-electron chi connectivity index (χ3n) is 5.19. The van der Waals surface area contributed by atoms with Crippen LogP contribution in [0.25, 0.3) is 11.5 Å². The molecule has 1 aromatic heterocycles. The largest absolute Gasteiger partial charge is 0.497 e. The van der Waals surface area contributed by atoms with Gasteiger partial charge in [0.05, 0.1) is 25.0 Å². The summed E-state index contributed by atoms with van der Waals surface area (Å²) in [6.45, 7) is 2.65. The minimum atomic E-state index is 0.328. The molecule has 0 saturated carbocycles. The Morgan fingerprint density at radius 3 is 2.42 bits per heavy atom. The first-order valence-corrected chi connectivity index (χ1v) is 10.7. The summed E-state index contributed by atoms with van der Waals surface area (Å²) in [6.07, 6.45) is 1.37. The number of aldehydes is 1. The van der Waals surface area contributed by atoms with E-state index in [-0.39, 0.29) is 0 Å². The van der Waals surface area contributed by atoms with Crippen molar-refractivity contribution in [2.45, 2.75) is 20.0 Å². The summed E-state index contributed by atoms with van der Waals surface area (Å²) < 4.78 is 22.8. The van der Waals surface area contributed by atoms with Crippen molar-refractivity contribution >= 4 is 6.29 Å². The van der Waals surface area contributed by atoms with Gasteiger partial charge in [0.25, 0.3) is 0 Å². The SMILES string of the molecule is COc1ccc(COc2cc(OCCc3nc(-c4ccccc4)oc3C)ccc2C=O)cc1. The molecule has 0 spiro atoms. The van der Waals surface area contributed by atoms with Gasteiger partial charge in [-0.05, 0) is 48.9 Å². The fourth-order valence-corrected chi connectivity index (χ4v) is 3.34. The second-order valence-electron chi connectivity index (χ2n) is 7.44. The summed E-state index contributed by atoms with van der Waals surface area (Å²) in [5, 5.41) is 0. The lowest BCUT2D eigenvalue weighted by molar-refractivity contribution is 0.111. The van der Waals surface area contributed by atoms with Gasteiger partial charge in [0.1, 0.15) is 29.6 Å². The van der Waals surface area contributed by atoms with Crippen molar-refractivity contribution in [3.63, 3.8) is 0 Å². The lowest BCUT2D eigenvalue weighted by Crippen LogP contribution is -2.04. The van der Waals surface area contributed by atoms with Crippen LogP contribution in [0.4, 0.5) is 0 Å². The normalized spacial score (nSPS) is 10.6. The summed E-state index contributed by atoms with van der Waals surface area (Å²) in [4.78, 5) is 16.0. The average molecular weight is 443 g/mol. The Kier molecular flexibility index (Phi) is 7.05. The number of nitrogens with zero attached hydrogens (tertiary/aromatic N) is 1. The quantitative estimate of drug-likeness (QED) is 0.294. The lowest BCUT2D eigenvalue weighted by Gasteiger charge is -2.12. The molecule has 6 heteroatoms. The summed E-state index contributed by atoms with van der Waals surface area (Å²) in [7, 11) is 1.62. The van der Waals surface area contributed by atoms with Crippen LogP contribution in [-0.2, 0) is 13.0 Å². The number of carbonyl (C=O) groups excluding carboxylic acids is 1. The van der Waals surface area contributed by atoms with Crippen LogP contribution in [0.15, 0.2) is 77.2 Å². The van der Waals surface area contributed by atoms with Gasteiger partial charge in [0.2, 0.25) is 5.89 Å². The predicted molar refractivity (Wildman–Crippen MR) is 125 cm³/mol. The highest BCUT2D eigenvalue weighted by molar-refractivity contribution is 5.79. The van der Waals surface area contributed by atoms with E-state index in [9.17, 15) is 4.79 Å². The van der Waals surface area contributed by atoms with Crippen LogP contribution in [0.3, 0.4) is 0 Å². The second-order valence-corrected chi connectivity index (χ2v) is 7.44. The van der Waals surface area contributed by atoms with E-state index < -0.39 is 0 Å². The molecule has 6 nitrogen and oxygen atoms in total. The minimum Gasteiger partial charge on any atom is -0.497 e. The first kappa shape index (κ1) is 22.1. The summed E-state index contributed by atoms with van der Waals surface area (Å²) in [6, 6.07) is 22.6. The highest BCUT2D eigenvalue weighted by Gasteiger charge is 2.12. The van der Waals surface area contributed by atoms with Crippen molar-refractivity contribution in [2.75, 3.05) is 13.7 Å². The van der Waals surface area contributed by atoms with E-state index in [0.29, 0.717) is 42.6 Å². The number of carbonyl (C=O) groups is 1. The Morgan fingerprint density at radius 2 is 1.70 bits per heavy atom. The first-order valence-electron chi connectivity index (χ1n) is 10.7. The van der Waals surface area contributed by atoms with E-state index in [1.807, 2.05) is 61.5 Å². The summed E-state index contributed by atoms with van der Waals surface area (Å²) >= 11 is 0. The number of oxazole rings is 1. The van der Waals surface area contributed by atoms with Gasteiger partial charge in [-0.15, -0.1) is 0 Å². The Bertz CT molecular complexity index is 1200. The molecular formula is C27H25NO5. The number of rotatable bonds is 10. The minimum absolute atomic E-state index is 0.328. The first-order chi connectivity index (χ1) is 16.2. The number of aryl methyl sites for hydroxylation is 1. The fourth-order valence-electron chi connectivity index (χ4n) is 3.34.